The van der Waals surface area contributed by atoms with Crippen molar-refractivity contribution >= 4 is 0 Å². The second-order valence-corrected chi connectivity index (χ2v) is 20.0. The van der Waals surface area contributed by atoms with Crippen LogP contribution in [0.15, 0.2) is 0 Å². The van der Waals surface area contributed by atoms with Gasteiger partial charge in [0.1, 0.15) is 6.10 Å². The summed E-state index contributed by atoms with van der Waals surface area (Å²) in [5.41, 5.74) is 0.756. The summed E-state index contributed by atoms with van der Waals surface area (Å²) in [5.74, 6) is 3.04. The fourth-order valence-electron chi connectivity index (χ4n) is 14.7. The highest BCUT2D eigenvalue weighted by Crippen LogP contribution is 2.87. The van der Waals surface area contributed by atoms with E-state index in [4.69, 9.17) is 18.9 Å². The van der Waals surface area contributed by atoms with Gasteiger partial charge in [-0.05, 0) is 143 Å². The number of aliphatic hydroxyl groups is 1. The zero-order chi connectivity index (χ0) is 33.3. The van der Waals surface area contributed by atoms with Gasteiger partial charge in [0.25, 0.3) is 0 Å². The van der Waals surface area contributed by atoms with E-state index in [1.165, 1.54) is 90.1 Å². The number of ether oxygens (including phenoxy) is 4. The average molecular weight is 671 g/mol. The first-order valence-corrected chi connectivity index (χ1v) is 20.6. The van der Waals surface area contributed by atoms with E-state index in [1.54, 1.807) is 0 Å². The number of hydrogen-bond acceptors (Lipinski definition) is 7. The molecule has 9 rings (SSSR count). The van der Waals surface area contributed by atoms with Gasteiger partial charge in [-0.15, -0.1) is 0 Å². The first-order chi connectivity index (χ1) is 22.9. The van der Waals surface area contributed by atoms with Crippen LogP contribution in [-0.4, -0.2) is 103 Å². The van der Waals surface area contributed by atoms with Gasteiger partial charge in [0.05, 0.1) is 30.5 Å². The molecule has 3 saturated heterocycles. The molecule has 9 fully saturated rings. The van der Waals surface area contributed by atoms with E-state index in [1.807, 2.05) is 20.8 Å². The Morgan fingerprint density at radius 3 is 2.40 bits per heavy atom. The van der Waals surface area contributed by atoms with E-state index in [0.717, 1.165) is 49.9 Å². The molecule has 1 N–H and O–H groups in total. The van der Waals surface area contributed by atoms with Crippen molar-refractivity contribution in [3.63, 3.8) is 0 Å². The maximum absolute atomic E-state index is 11.0. The molecule has 3 aliphatic heterocycles. The third kappa shape index (κ3) is 4.89. The predicted octanol–water partition coefficient (Wildman–Crippen LogP) is 6.90. The van der Waals surface area contributed by atoms with Crippen LogP contribution in [0.1, 0.15) is 126 Å². The van der Waals surface area contributed by atoms with Crippen molar-refractivity contribution in [2.24, 2.45) is 45.3 Å². The molecular weight excluding hydrogens is 600 g/mol. The summed E-state index contributed by atoms with van der Waals surface area (Å²) in [7, 11) is 0. The lowest BCUT2D eigenvalue weighted by Gasteiger charge is -2.60. The van der Waals surface area contributed by atoms with Gasteiger partial charge in [0, 0.05) is 46.3 Å². The summed E-state index contributed by atoms with van der Waals surface area (Å²) in [6.45, 7) is 19.6. The second kappa shape index (κ2) is 11.6. The first-order valence-electron chi connectivity index (χ1n) is 20.6. The van der Waals surface area contributed by atoms with Crippen molar-refractivity contribution in [3.8, 4) is 0 Å². The van der Waals surface area contributed by atoms with Gasteiger partial charge < -0.3 is 24.1 Å². The molecule has 6 aliphatic carbocycles. The van der Waals surface area contributed by atoms with E-state index in [2.05, 4.69) is 30.6 Å². The lowest BCUT2D eigenvalue weighted by molar-refractivity contribution is -0.251. The summed E-state index contributed by atoms with van der Waals surface area (Å²) in [5, 5.41) is 11.0. The molecule has 0 bridgehead atoms. The smallest absolute Gasteiger partial charge is 0.170 e. The molecular formula is C41H70N2O5. The van der Waals surface area contributed by atoms with Crippen LogP contribution in [0.5, 0.6) is 0 Å². The minimum absolute atomic E-state index is 0. The summed E-state index contributed by atoms with van der Waals surface area (Å²) in [4.78, 5) is 5.41. The number of morpholine rings is 1. The molecule has 274 valence electrons. The summed E-state index contributed by atoms with van der Waals surface area (Å²) in [6.07, 6.45) is 17.6. The molecule has 12 atom stereocenters. The Bertz CT molecular complexity index is 1220. The molecule has 0 amide bonds. The predicted molar refractivity (Wildman–Crippen MR) is 189 cm³/mol. The minimum Gasteiger partial charge on any atom is -0.388 e. The Morgan fingerprint density at radius 1 is 0.875 bits per heavy atom. The monoisotopic (exact) mass is 671 g/mol. The summed E-state index contributed by atoms with van der Waals surface area (Å²) in [6, 6.07) is 1.57. The van der Waals surface area contributed by atoms with Gasteiger partial charge >= 0.3 is 0 Å². The summed E-state index contributed by atoms with van der Waals surface area (Å²) < 4.78 is 26.5. The molecule has 9 unspecified atom stereocenters. The molecule has 2 spiro atoms. The molecule has 6 saturated carbocycles. The Labute approximate surface area is 293 Å². The molecule has 7 heteroatoms. The highest BCUT2D eigenvalue weighted by molar-refractivity contribution is 5.29. The lowest BCUT2D eigenvalue weighted by atomic mass is 9.46. The first kappa shape index (κ1) is 33.5. The molecule has 7 nitrogen and oxygen atoms in total. The van der Waals surface area contributed by atoms with Gasteiger partial charge in [-0.3, -0.25) is 9.80 Å². The van der Waals surface area contributed by atoms with E-state index in [0.29, 0.717) is 47.0 Å². The summed E-state index contributed by atoms with van der Waals surface area (Å²) >= 11 is 0. The Kier molecular flexibility index (Phi) is 8.11. The zero-order valence-electron chi connectivity index (χ0n) is 31.3. The topological polar surface area (TPSA) is 63.6 Å². The van der Waals surface area contributed by atoms with E-state index < -0.39 is 5.60 Å². The third-order valence-electron chi connectivity index (χ3n) is 17.3. The van der Waals surface area contributed by atoms with Crippen LogP contribution in [0.3, 0.4) is 0 Å². The zero-order valence-corrected chi connectivity index (χ0v) is 31.3. The van der Waals surface area contributed by atoms with Crippen LogP contribution in [0.4, 0.5) is 0 Å². The number of likely N-dealkylation sites (tertiary alicyclic amines) is 1. The van der Waals surface area contributed by atoms with Crippen molar-refractivity contribution in [2.45, 2.75) is 173 Å². The second-order valence-electron chi connectivity index (χ2n) is 20.0. The van der Waals surface area contributed by atoms with Crippen molar-refractivity contribution in [1.82, 2.24) is 9.80 Å². The fourth-order valence-corrected chi connectivity index (χ4v) is 14.7. The van der Waals surface area contributed by atoms with Crippen molar-refractivity contribution < 1.29 is 25.5 Å². The SMILES string of the molecule is CCO[C@@H](C1CCC2C(CC3C4CCC5C(C)(C)[C@@H](OC6CN(C7CN(C8CCC8)C7)CCO6)CC[C@@]56CC46CCC23C)O1)C(C)(C)O.[HH]. The molecule has 0 aromatic heterocycles. The number of fused-ring (bicyclic) bond motifs is 4. The Morgan fingerprint density at radius 2 is 1.67 bits per heavy atom. The highest BCUT2D eigenvalue weighted by Gasteiger charge is 2.80. The van der Waals surface area contributed by atoms with Crippen LogP contribution < -0.4 is 0 Å². The van der Waals surface area contributed by atoms with Gasteiger partial charge in [-0.1, -0.05) is 27.2 Å². The average Bonchev–Trinajstić information content (AvgIpc) is 3.57. The Hall–Kier alpha value is -0.280. The van der Waals surface area contributed by atoms with E-state index >= 15 is 0 Å². The van der Waals surface area contributed by atoms with Crippen LogP contribution in [0.25, 0.3) is 0 Å². The van der Waals surface area contributed by atoms with Gasteiger partial charge in [-0.25, -0.2) is 0 Å². The molecule has 0 aromatic carbocycles. The van der Waals surface area contributed by atoms with Crippen LogP contribution in [0.2, 0.25) is 0 Å². The van der Waals surface area contributed by atoms with Crippen molar-refractivity contribution in [1.29, 1.82) is 0 Å². The standard InChI is InChI=1S/C41H68N2O5.H2/c1-7-45-36(38(4,5)44)31-13-11-29-32(47-31)21-30-28-12-14-33-37(2,3)34(15-16-41(33)25-40(28,41)18-17-39(29,30)6)48-35-24-42(19-20-46-35)27-22-43(23-27)26-9-8-10-26;/h26-36,44H,7-25H2,1-6H3;1H/t28?,29?,30?,31?,32?,33?,34-,35?,36-,39?,40?,41+;/m0./s1. The molecule has 0 aromatic rings. The lowest BCUT2D eigenvalue weighted by Crippen LogP contribution is -2.66. The maximum atomic E-state index is 11.0. The molecule has 48 heavy (non-hydrogen) atoms. The van der Waals surface area contributed by atoms with Crippen LogP contribution >= 0.6 is 0 Å². The minimum atomic E-state index is -0.892. The Balaban J connectivity index is 0.00000348. The van der Waals surface area contributed by atoms with Crippen LogP contribution in [-0.2, 0) is 18.9 Å². The highest BCUT2D eigenvalue weighted by atomic mass is 16.7. The number of hydrogen-bond donors (Lipinski definition) is 1. The van der Waals surface area contributed by atoms with E-state index in [9.17, 15) is 5.11 Å². The van der Waals surface area contributed by atoms with E-state index in [-0.39, 0.29) is 25.3 Å². The fraction of sp³-hybridized carbons (Fsp3) is 1.00. The molecule has 9 aliphatic rings. The normalized spacial score (nSPS) is 49.8. The number of rotatable bonds is 8. The van der Waals surface area contributed by atoms with Crippen LogP contribution in [0, 0.1) is 45.3 Å². The van der Waals surface area contributed by atoms with Gasteiger partial charge in [0.2, 0.25) is 0 Å². The maximum Gasteiger partial charge on any atom is 0.170 e. The quantitative estimate of drug-likeness (QED) is 0.302. The van der Waals surface area contributed by atoms with Crippen molar-refractivity contribution in [2.75, 3.05) is 39.4 Å². The molecule has 0 radical (unpaired) electrons. The van der Waals surface area contributed by atoms with Gasteiger partial charge in [-0.2, -0.15) is 0 Å². The van der Waals surface area contributed by atoms with Crippen molar-refractivity contribution in [3.05, 3.63) is 0 Å². The van der Waals surface area contributed by atoms with Gasteiger partial charge in [0.15, 0.2) is 6.29 Å². The third-order valence-corrected chi connectivity index (χ3v) is 17.3. The molecule has 3 heterocycles. The number of nitrogens with zero attached hydrogens (tertiary/aromatic N) is 2. The largest absolute Gasteiger partial charge is 0.388 e.